The van der Waals surface area contributed by atoms with Crippen LogP contribution in [0, 0.1) is 0 Å². The quantitative estimate of drug-likeness (QED) is 0.660. The second-order valence-corrected chi connectivity index (χ2v) is 8.04. The van der Waals surface area contributed by atoms with E-state index in [-0.39, 0.29) is 22.1 Å². The van der Waals surface area contributed by atoms with E-state index in [0.29, 0.717) is 10.6 Å². The topological polar surface area (TPSA) is 96.0 Å². The smallest absolute Gasteiger partial charge is 0.312 e. The van der Waals surface area contributed by atoms with Crippen LogP contribution < -0.4 is 11.2 Å². The second-order valence-electron chi connectivity index (χ2n) is 5.72. The first-order valence-corrected chi connectivity index (χ1v) is 9.26. The van der Waals surface area contributed by atoms with E-state index in [2.05, 4.69) is 4.98 Å². The van der Waals surface area contributed by atoms with Crippen LogP contribution >= 0.6 is 11.6 Å². The van der Waals surface area contributed by atoms with Gasteiger partial charge in [-0.2, -0.15) is 4.98 Å². The van der Waals surface area contributed by atoms with Gasteiger partial charge in [0.2, 0.25) is 15.0 Å². The van der Waals surface area contributed by atoms with Gasteiger partial charge < -0.3 is 4.57 Å². The predicted octanol–water partition coefficient (Wildman–Crippen LogP) is 0.598. The van der Waals surface area contributed by atoms with Crippen LogP contribution in [0.15, 0.2) is 39.0 Å². The van der Waals surface area contributed by atoms with Gasteiger partial charge in [0.1, 0.15) is 0 Å². The van der Waals surface area contributed by atoms with Crippen molar-refractivity contribution in [2.75, 3.05) is 0 Å². The van der Waals surface area contributed by atoms with Gasteiger partial charge >= 0.3 is 5.69 Å². The van der Waals surface area contributed by atoms with Gasteiger partial charge in [0.15, 0.2) is 11.2 Å². The van der Waals surface area contributed by atoms with Gasteiger partial charge in [0, 0.05) is 26.2 Å². The summed E-state index contributed by atoms with van der Waals surface area (Å²) in [4.78, 5) is 28.4. The number of nitrogens with zero attached hydrogens (tertiary/aromatic N) is 4. The van der Waals surface area contributed by atoms with Crippen LogP contribution in [0.5, 0.6) is 0 Å². The minimum absolute atomic E-state index is 0.0280. The fraction of sp³-hybridized carbons (Fsp3) is 0.267. The highest BCUT2D eigenvalue weighted by molar-refractivity contribution is 7.90. The summed E-state index contributed by atoms with van der Waals surface area (Å²) in [5, 5.41) is 0.148. The molecule has 2 heterocycles. The molecule has 0 fully saturated rings. The predicted molar refractivity (Wildman–Crippen MR) is 93.5 cm³/mol. The van der Waals surface area contributed by atoms with Crippen LogP contribution in [0.1, 0.15) is 5.56 Å². The molecule has 0 radical (unpaired) electrons. The first-order chi connectivity index (χ1) is 11.6. The average Bonchev–Trinajstić information content (AvgIpc) is 2.89. The van der Waals surface area contributed by atoms with Crippen LogP contribution in [0.2, 0.25) is 5.02 Å². The molecule has 132 valence electrons. The zero-order valence-corrected chi connectivity index (χ0v) is 15.3. The second kappa shape index (κ2) is 5.85. The van der Waals surface area contributed by atoms with Crippen LogP contribution in [-0.4, -0.2) is 27.1 Å². The summed E-state index contributed by atoms with van der Waals surface area (Å²) in [5.74, 6) is -0.320. The van der Waals surface area contributed by atoms with Gasteiger partial charge in [0.05, 0.1) is 5.75 Å². The molecule has 0 spiro atoms. The summed E-state index contributed by atoms with van der Waals surface area (Å²) in [6, 6.07) is 6.49. The lowest BCUT2D eigenvalue weighted by molar-refractivity contribution is 0.579. The molecule has 0 atom stereocenters. The van der Waals surface area contributed by atoms with Gasteiger partial charge in [-0.1, -0.05) is 23.7 Å². The van der Waals surface area contributed by atoms with Crippen LogP contribution in [-0.2, 0) is 36.7 Å². The molecule has 0 unspecified atom stereocenters. The molecule has 2 aromatic heterocycles. The Morgan fingerprint density at radius 1 is 1.08 bits per heavy atom. The van der Waals surface area contributed by atoms with E-state index in [9.17, 15) is 18.0 Å². The number of sulfone groups is 1. The van der Waals surface area contributed by atoms with Crippen molar-refractivity contribution in [2.45, 2.75) is 10.9 Å². The maximum absolute atomic E-state index is 12.8. The van der Waals surface area contributed by atoms with E-state index in [1.54, 1.807) is 24.3 Å². The highest BCUT2D eigenvalue weighted by atomic mass is 35.5. The number of hydrogen-bond acceptors (Lipinski definition) is 5. The Morgan fingerprint density at radius 3 is 2.40 bits per heavy atom. The van der Waals surface area contributed by atoms with E-state index in [1.807, 2.05) is 0 Å². The van der Waals surface area contributed by atoms with Crippen molar-refractivity contribution < 1.29 is 8.42 Å². The molecule has 0 saturated carbocycles. The minimum atomic E-state index is -3.85. The number of imidazole rings is 1. The molecular weight excluding hydrogens is 368 g/mol. The molecule has 0 aliphatic rings. The van der Waals surface area contributed by atoms with E-state index >= 15 is 0 Å². The Bertz CT molecular complexity index is 1220. The summed E-state index contributed by atoms with van der Waals surface area (Å²) in [6.45, 7) is 0. The van der Waals surface area contributed by atoms with E-state index in [0.717, 1.165) is 9.13 Å². The molecule has 0 aliphatic carbocycles. The number of fused-ring (bicyclic) bond motifs is 1. The largest absolute Gasteiger partial charge is 0.332 e. The molecular formula is C15H15ClN4O4S. The molecule has 0 bridgehead atoms. The molecule has 3 aromatic rings. The van der Waals surface area contributed by atoms with Crippen molar-refractivity contribution in [3.05, 3.63) is 55.7 Å². The third-order valence-electron chi connectivity index (χ3n) is 3.96. The third-order valence-corrected chi connectivity index (χ3v) is 5.83. The Balaban J connectivity index is 2.24. The summed E-state index contributed by atoms with van der Waals surface area (Å²) in [5.41, 5.74) is -0.595. The fourth-order valence-electron chi connectivity index (χ4n) is 2.69. The number of halogens is 1. The first kappa shape index (κ1) is 17.4. The lowest BCUT2D eigenvalue weighted by atomic mass is 10.2. The SMILES string of the molecule is Cn1c(=O)c2c(nc(S(=O)(=O)Cc3cccc(Cl)c3)n2C)n(C)c1=O. The van der Waals surface area contributed by atoms with Gasteiger partial charge in [-0.05, 0) is 17.7 Å². The number of aromatic nitrogens is 4. The zero-order valence-electron chi connectivity index (χ0n) is 13.7. The van der Waals surface area contributed by atoms with Gasteiger partial charge in [-0.3, -0.25) is 13.9 Å². The van der Waals surface area contributed by atoms with Gasteiger partial charge in [-0.15, -0.1) is 0 Å². The van der Waals surface area contributed by atoms with E-state index in [1.165, 1.54) is 25.7 Å². The van der Waals surface area contributed by atoms with Gasteiger partial charge in [-0.25, -0.2) is 13.2 Å². The highest BCUT2D eigenvalue weighted by Gasteiger charge is 2.26. The molecule has 0 N–H and O–H groups in total. The maximum atomic E-state index is 12.8. The lowest BCUT2D eigenvalue weighted by Gasteiger charge is -2.05. The Morgan fingerprint density at radius 2 is 1.76 bits per heavy atom. The van der Waals surface area contributed by atoms with Crippen LogP contribution in [0.3, 0.4) is 0 Å². The molecule has 1 aromatic carbocycles. The minimum Gasteiger partial charge on any atom is -0.312 e. The lowest BCUT2D eigenvalue weighted by Crippen LogP contribution is -2.37. The molecule has 0 aliphatic heterocycles. The van der Waals surface area contributed by atoms with Crippen molar-refractivity contribution >= 4 is 32.6 Å². The Hall–Kier alpha value is -2.39. The summed E-state index contributed by atoms with van der Waals surface area (Å²) < 4.78 is 28.8. The van der Waals surface area contributed by atoms with Crippen LogP contribution in [0.4, 0.5) is 0 Å². The van der Waals surface area contributed by atoms with Crippen LogP contribution in [0.25, 0.3) is 11.2 Å². The monoisotopic (exact) mass is 382 g/mol. The van der Waals surface area contributed by atoms with E-state index in [4.69, 9.17) is 11.6 Å². The Labute approximate surface area is 147 Å². The number of rotatable bonds is 3. The highest BCUT2D eigenvalue weighted by Crippen LogP contribution is 2.20. The zero-order chi connectivity index (χ0) is 18.5. The van der Waals surface area contributed by atoms with Crippen molar-refractivity contribution in [3.8, 4) is 0 Å². The maximum Gasteiger partial charge on any atom is 0.332 e. The molecule has 25 heavy (non-hydrogen) atoms. The summed E-state index contributed by atoms with van der Waals surface area (Å²) in [7, 11) is 0.350. The molecule has 10 heteroatoms. The number of benzene rings is 1. The van der Waals surface area contributed by atoms with Crippen molar-refractivity contribution in [3.63, 3.8) is 0 Å². The van der Waals surface area contributed by atoms with Crippen molar-refractivity contribution in [1.29, 1.82) is 0 Å². The molecule has 8 nitrogen and oxygen atoms in total. The standard InChI is InChI=1S/C15H15ClN4O4S/c1-18-11-12(19(2)15(22)20(3)13(11)21)17-14(18)25(23,24)8-9-5-4-6-10(16)7-9/h4-7H,8H2,1-3H3. The summed E-state index contributed by atoms with van der Waals surface area (Å²) in [6.07, 6.45) is 0. The van der Waals surface area contributed by atoms with E-state index < -0.39 is 21.1 Å². The number of hydrogen-bond donors (Lipinski definition) is 0. The molecule has 0 amide bonds. The fourth-order valence-corrected chi connectivity index (χ4v) is 4.38. The van der Waals surface area contributed by atoms with Gasteiger partial charge in [0.25, 0.3) is 5.56 Å². The molecule has 3 rings (SSSR count). The average molecular weight is 383 g/mol. The molecule has 0 saturated heterocycles. The number of aryl methyl sites for hydroxylation is 2. The summed E-state index contributed by atoms with van der Waals surface area (Å²) >= 11 is 5.89. The van der Waals surface area contributed by atoms with Crippen molar-refractivity contribution in [2.24, 2.45) is 21.1 Å². The first-order valence-electron chi connectivity index (χ1n) is 7.23. The Kier molecular flexibility index (Phi) is 4.08. The third kappa shape index (κ3) is 2.79. The normalized spacial score (nSPS) is 12.0. The van der Waals surface area contributed by atoms with Crippen molar-refractivity contribution in [1.82, 2.24) is 18.7 Å².